The summed E-state index contributed by atoms with van der Waals surface area (Å²) in [5.41, 5.74) is 10.2. The lowest BCUT2D eigenvalue weighted by molar-refractivity contribution is -0.119. The summed E-state index contributed by atoms with van der Waals surface area (Å²) in [6, 6.07) is 13.6. The summed E-state index contributed by atoms with van der Waals surface area (Å²) in [4.78, 5) is 14.4. The van der Waals surface area contributed by atoms with Crippen LogP contribution in [0.1, 0.15) is 17.5 Å². The highest BCUT2D eigenvalue weighted by molar-refractivity contribution is 5.82. The Bertz CT molecular complexity index is 713. The summed E-state index contributed by atoms with van der Waals surface area (Å²) < 4.78 is 5.13. The third-order valence-corrected chi connectivity index (χ3v) is 4.37. The Balaban J connectivity index is 1.58. The van der Waals surface area contributed by atoms with Crippen LogP contribution in [0, 0.1) is 0 Å². The Kier molecular flexibility index (Phi) is 4.89. The molecule has 0 radical (unpaired) electrons. The molecule has 0 fully saturated rings. The number of ether oxygens (including phenoxy) is 1. The van der Waals surface area contributed by atoms with Crippen molar-refractivity contribution in [2.75, 3.05) is 30.8 Å². The number of nitrogens with one attached hydrogen (secondary N) is 1. The average molecular weight is 325 g/mol. The third-order valence-electron chi connectivity index (χ3n) is 4.37. The Morgan fingerprint density at radius 2 is 2.04 bits per heavy atom. The van der Waals surface area contributed by atoms with E-state index >= 15 is 0 Å². The van der Waals surface area contributed by atoms with Gasteiger partial charge in [0, 0.05) is 24.5 Å². The Morgan fingerprint density at radius 1 is 1.25 bits per heavy atom. The zero-order valence-corrected chi connectivity index (χ0v) is 13.9. The largest absolute Gasteiger partial charge is 0.497 e. The fourth-order valence-corrected chi connectivity index (χ4v) is 3.07. The first-order valence-corrected chi connectivity index (χ1v) is 8.19. The molecule has 0 bridgehead atoms. The fourth-order valence-electron chi connectivity index (χ4n) is 3.07. The van der Waals surface area contributed by atoms with E-state index in [9.17, 15) is 4.79 Å². The molecule has 1 heterocycles. The molecule has 0 spiro atoms. The third kappa shape index (κ3) is 3.62. The van der Waals surface area contributed by atoms with E-state index in [1.54, 1.807) is 7.11 Å². The minimum atomic E-state index is 0.0149. The maximum absolute atomic E-state index is 12.3. The van der Waals surface area contributed by atoms with Crippen molar-refractivity contribution in [3.63, 3.8) is 0 Å². The van der Waals surface area contributed by atoms with Crippen molar-refractivity contribution in [3.05, 3.63) is 53.6 Å². The van der Waals surface area contributed by atoms with E-state index < -0.39 is 0 Å². The summed E-state index contributed by atoms with van der Waals surface area (Å²) in [5.74, 6) is 0.827. The van der Waals surface area contributed by atoms with Crippen LogP contribution >= 0.6 is 0 Å². The highest BCUT2D eigenvalue weighted by Crippen LogP contribution is 2.30. The van der Waals surface area contributed by atoms with Crippen molar-refractivity contribution < 1.29 is 9.53 Å². The maximum Gasteiger partial charge on any atom is 0.239 e. The van der Waals surface area contributed by atoms with Gasteiger partial charge in [-0.3, -0.25) is 4.79 Å². The fraction of sp³-hybridized carbons (Fsp3) is 0.316. The molecule has 0 unspecified atom stereocenters. The van der Waals surface area contributed by atoms with Gasteiger partial charge in [-0.1, -0.05) is 18.2 Å². The molecule has 0 saturated carbocycles. The Morgan fingerprint density at radius 3 is 2.79 bits per heavy atom. The molecule has 0 atom stereocenters. The molecule has 1 aliphatic heterocycles. The van der Waals surface area contributed by atoms with Crippen molar-refractivity contribution in [1.82, 2.24) is 5.32 Å². The number of rotatable bonds is 5. The van der Waals surface area contributed by atoms with Gasteiger partial charge in [-0.15, -0.1) is 0 Å². The molecular formula is C19H23N3O2. The minimum absolute atomic E-state index is 0.0149. The predicted octanol–water partition coefficient (Wildman–Crippen LogP) is 2.35. The van der Waals surface area contributed by atoms with Crippen LogP contribution in [0.15, 0.2) is 42.5 Å². The normalized spacial score (nSPS) is 13.3. The van der Waals surface area contributed by atoms with E-state index in [1.807, 2.05) is 42.5 Å². The number of carbonyl (C=O) groups excluding carboxylic acids is 1. The summed E-state index contributed by atoms with van der Waals surface area (Å²) in [6.07, 6.45) is 2.00. The average Bonchev–Trinajstić information content (AvgIpc) is 2.61. The lowest BCUT2D eigenvalue weighted by atomic mass is 10.00. The Labute approximate surface area is 142 Å². The van der Waals surface area contributed by atoms with E-state index in [2.05, 4.69) is 10.2 Å². The number of nitrogens with two attached hydrogens (primary N) is 1. The zero-order chi connectivity index (χ0) is 16.9. The van der Waals surface area contributed by atoms with E-state index in [4.69, 9.17) is 10.5 Å². The van der Waals surface area contributed by atoms with Gasteiger partial charge in [0.2, 0.25) is 5.91 Å². The molecule has 0 aliphatic carbocycles. The highest BCUT2D eigenvalue weighted by atomic mass is 16.5. The molecule has 1 aliphatic rings. The van der Waals surface area contributed by atoms with E-state index in [0.717, 1.165) is 47.6 Å². The number of hydrogen-bond donors (Lipinski definition) is 2. The smallest absolute Gasteiger partial charge is 0.239 e. The van der Waals surface area contributed by atoms with Gasteiger partial charge in [0.1, 0.15) is 5.75 Å². The number of methoxy groups -OCH3 is 1. The number of hydrogen-bond acceptors (Lipinski definition) is 4. The molecular weight excluding hydrogens is 302 g/mol. The number of benzene rings is 2. The summed E-state index contributed by atoms with van der Waals surface area (Å²) in [7, 11) is 1.64. The molecule has 24 heavy (non-hydrogen) atoms. The number of fused-ring (bicyclic) bond motifs is 1. The van der Waals surface area contributed by atoms with Crippen LogP contribution in [-0.4, -0.2) is 26.1 Å². The summed E-state index contributed by atoms with van der Waals surface area (Å²) in [6.45, 7) is 1.75. The maximum atomic E-state index is 12.3. The minimum Gasteiger partial charge on any atom is -0.497 e. The standard InChI is InChI=1S/C19H23N3O2/c1-24-15-9-7-14(8-10-15)12-21-19(23)13-22-11-3-4-16-17(20)5-2-6-18(16)22/h2,5-10H,3-4,11-13,20H2,1H3,(H,21,23). The van der Waals surface area contributed by atoms with E-state index in [0.29, 0.717) is 13.1 Å². The van der Waals surface area contributed by atoms with Crippen molar-refractivity contribution in [2.45, 2.75) is 19.4 Å². The van der Waals surface area contributed by atoms with Gasteiger partial charge >= 0.3 is 0 Å². The number of nitrogen functional groups attached to an aromatic ring is 1. The van der Waals surface area contributed by atoms with Crippen LogP contribution in [0.2, 0.25) is 0 Å². The molecule has 2 aromatic rings. The second-order valence-electron chi connectivity index (χ2n) is 5.99. The molecule has 3 rings (SSSR count). The van der Waals surface area contributed by atoms with Gasteiger partial charge in [0.05, 0.1) is 13.7 Å². The van der Waals surface area contributed by atoms with Crippen LogP contribution < -0.4 is 20.7 Å². The van der Waals surface area contributed by atoms with E-state index in [1.165, 1.54) is 0 Å². The lowest BCUT2D eigenvalue weighted by Gasteiger charge is -2.31. The number of nitrogens with zero attached hydrogens (tertiary/aromatic N) is 1. The van der Waals surface area contributed by atoms with Gasteiger partial charge in [-0.05, 0) is 48.2 Å². The van der Waals surface area contributed by atoms with Crippen molar-refractivity contribution >= 4 is 17.3 Å². The SMILES string of the molecule is COc1ccc(CNC(=O)CN2CCCc3c(N)cccc32)cc1. The van der Waals surface area contributed by atoms with E-state index in [-0.39, 0.29) is 5.91 Å². The molecule has 0 aromatic heterocycles. The molecule has 126 valence electrons. The first kappa shape index (κ1) is 16.2. The van der Waals surface area contributed by atoms with Gasteiger partial charge in [-0.2, -0.15) is 0 Å². The van der Waals surface area contributed by atoms with Gasteiger partial charge in [-0.25, -0.2) is 0 Å². The van der Waals surface area contributed by atoms with Crippen LogP contribution in [0.25, 0.3) is 0 Å². The monoisotopic (exact) mass is 325 g/mol. The van der Waals surface area contributed by atoms with Crippen LogP contribution in [-0.2, 0) is 17.8 Å². The molecule has 0 saturated heterocycles. The number of anilines is 2. The zero-order valence-electron chi connectivity index (χ0n) is 13.9. The second-order valence-corrected chi connectivity index (χ2v) is 5.99. The van der Waals surface area contributed by atoms with Gasteiger partial charge < -0.3 is 20.7 Å². The lowest BCUT2D eigenvalue weighted by Crippen LogP contribution is -2.39. The van der Waals surface area contributed by atoms with Crippen LogP contribution in [0.4, 0.5) is 11.4 Å². The topological polar surface area (TPSA) is 67.6 Å². The first-order valence-electron chi connectivity index (χ1n) is 8.19. The highest BCUT2D eigenvalue weighted by Gasteiger charge is 2.20. The van der Waals surface area contributed by atoms with Crippen LogP contribution in [0.5, 0.6) is 5.75 Å². The van der Waals surface area contributed by atoms with Crippen molar-refractivity contribution in [2.24, 2.45) is 0 Å². The van der Waals surface area contributed by atoms with Crippen molar-refractivity contribution in [1.29, 1.82) is 0 Å². The Hall–Kier alpha value is -2.69. The van der Waals surface area contributed by atoms with Gasteiger partial charge in [0.15, 0.2) is 0 Å². The second kappa shape index (κ2) is 7.25. The summed E-state index contributed by atoms with van der Waals surface area (Å²) in [5, 5.41) is 2.98. The first-order chi connectivity index (χ1) is 11.7. The van der Waals surface area contributed by atoms with Crippen LogP contribution in [0.3, 0.4) is 0 Å². The van der Waals surface area contributed by atoms with Crippen molar-refractivity contribution in [3.8, 4) is 5.75 Å². The summed E-state index contributed by atoms with van der Waals surface area (Å²) >= 11 is 0. The molecule has 1 amide bonds. The number of amides is 1. The van der Waals surface area contributed by atoms with Gasteiger partial charge in [0.25, 0.3) is 0 Å². The number of carbonyl (C=O) groups is 1. The molecule has 5 nitrogen and oxygen atoms in total. The molecule has 5 heteroatoms. The molecule has 3 N–H and O–H groups in total. The molecule has 2 aromatic carbocycles. The quantitative estimate of drug-likeness (QED) is 0.828. The predicted molar refractivity (Wildman–Crippen MR) is 96.2 cm³/mol.